The minimum absolute atomic E-state index is 0.203. The van der Waals surface area contributed by atoms with Crippen molar-refractivity contribution in [3.8, 4) is 0 Å². The highest BCUT2D eigenvalue weighted by Gasteiger charge is 2.16. The zero-order valence-corrected chi connectivity index (χ0v) is 24.5. The van der Waals surface area contributed by atoms with E-state index in [-0.39, 0.29) is 12.6 Å². The molecule has 0 aromatic rings. The molecule has 0 radical (unpaired) electrons. The van der Waals surface area contributed by atoms with Crippen LogP contribution in [0.2, 0.25) is 0 Å². The van der Waals surface area contributed by atoms with E-state index in [4.69, 9.17) is 37.4 Å². The Morgan fingerprint density at radius 3 is 1.20 bits per heavy atom. The SMILES string of the molecule is CCOC(CCC=CCCCCCCCCCl)OC(CCC=CCCCCCCCCCl)OCC. The van der Waals surface area contributed by atoms with Gasteiger partial charge < -0.3 is 14.2 Å². The molecule has 35 heavy (non-hydrogen) atoms. The predicted molar refractivity (Wildman–Crippen MR) is 155 cm³/mol. The second-order valence-electron chi connectivity index (χ2n) is 9.20. The van der Waals surface area contributed by atoms with Crippen molar-refractivity contribution in [2.24, 2.45) is 0 Å². The lowest BCUT2D eigenvalue weighted by Crippen LogP contribution is -2.27. The minimum Gasteiger partial charge on any atom is -0.353 e. The van der Waals surface area contributed by atoms with Gasteiger partial charge in [0.2, 0.25) is 0 Å². The van der Waals surface area contributed by atoms with Crippen molar-refractivity contribution in [3.05, 3.63) is 24.3 Å². The summed E-state index contributed by atoms with van der Waals surface area (Å²) in [5.74, 6) is 1.60. The number of ether oxygens (including phenoxy) is 3. The highest BCUT2D eigenvalue weighted by molar-refractivity contribution is 6.18. The Kier molecular flexibility index (Phi) is 30.1. The molecule has 0 N–H and O–H groups in total. The third kappa shape index (κ3) is 26.8. The number of halogens is 2. The standard InChI is InChI=1S/C30H56Cl2O3/c1-3-33-29(25-21-17-13-9-5-7-11-15-19-23-27-31)35-30(34-4-2)26-22-18-14-10-6-8-12-16-20-24-28-32/h13-14,17-18,29-30H,3-12,15-16,19-28H2,1-2H3. The van der Waals surface area contributed by atoms with Gasteiger partial charge in [0.1, 0.15) is 0 Å². The first-order valence-corrected chi connectivity index (χ1v) is 15.7. The molecule has 0 rings (SSSR count). The first-order chi connectivity index (χ1) is 17.3. The van der Waals surface area contributed by atoms with Crippen LogP contribution in [0.5, 0.6) is 0 Å². The predicted octanol–water partition coefficient (Wildman–Crippen LogP) is 10.3. The van der Waals surface area contributed by atoms with Gasteiger partial charge in [-0.15, -0.1) is 23.2 Å². The highest BCUT2D eigenvalue weighted by Crippen LogP contribution is 2.15. The molecule has 0 fully saturated rings. The van der Waals surface area contributed by atoms with Crippen LogP contribution in [0.1, 0.15) is 129 Å². The van der Waals surface area contributed by atoms with Gasteiger partial charge >= 0.3 is 0 Å². The Morgan fingerprint density at radius 2 is 0.829 bits per heavy atom. The van der Waals surface area contributed by atoms with E-state index >= 15 is 0 Å². The molecule has 0 bridgehead atoms. The zero-order chi connectivity index (χ0) is 25.7. The van der Waals surface area contributed by atoms with E-state index in [1.165, 1.54) is 64.2 Å². The number of hydrogen-bond acceptors (Lipinski definition) is 3. The lowest BCUT2D eigenvalue weighted by molar-refractivity contribution is -0.246. The molecule has 0 aliphatic carbocycles. The second-order valence-corrected chi connectivity index (χ2v) is 9.96. The van der Waals surface area contributed by atoms with Crippen molar-refractivity contribution in [2.75, 3.05) is 25.0 Å². The lowest BCUT2D eigenvalue weighted by Gasteiger charge is -2.24. The van der Waals surface area contributed by atoms with Gasteiger partial charge in [0.25, 0.3) is 0 Å². The third-order valence-electron chi connectivity index (χ3n) is 5.99. The van der Waals surface area contributed by atoms with Crippen LogP contribution < -0.4 is 0 Å². The lowest BCUT2D eigenvalue weighted by atomic mass is 10.1. The summed E-state index contributed by atoms with van der Waals surface area (Å²) in [6.45, 7) is 5.36. The van der Waals surface area contributed by atoms with Gasteiger partial charge in [-0.05, 0) is 65.2 Å². The summed E-state index contributed by atoms with van der Waals surface area (Å²) in [4.78, 5) is 0. The topological polar surface area (TPSA) is 27.7 Å². The maximum Gasteiger partial charge on any atom is 0.161 e. The van der Waals surface area contributed by atoms with Crippen LogP contribution in [-0.4, -0.2) is 37.6 Å². The summed E-state index contributed by atoms with van der Waals surface area (Å²) in [7, 11) is 0. The monoisotopic (exact) mass is 534 g/mol. The van der Waals surface area contributed by atoms with Gasteiger partial charge in [-0.3, -0.25) is 0 Å². The van der Waals surface area contributed by atoms with Crippen LogP contribution in [0, 0.1) is 0 Å². The van der Waals surface area contributed by atoms with Crippen LogP contribution in [0.3, 0.4) is 0 Å². The van der Waals surface area contributed by atoms with Crippen molar-refractivity contribution in [3.63, 3.8) is 0 Å². The number of unbranched alkanes of at least 4 members (excludes halogenated alkanes) is 12. The van der Waals surface area contributed by atoms with E-state index in [0.717, 1.165) is 63.1 Å². The Bertz CT molecular complexity index is 417. The maximum atomic E-state index is 6.18. The Hall–Kier alpha value is -0.0600. The summed E-state index contributed by atoms with van der Waals surface area (Å²) < 4.78 is 17.9. The average Bonchev–Trinajstić information content (AvgIpc) is 2.86. The molecule has 2 atom stereocenters. The fourth-order valence-corrected chi connectivity index (χ4v) is 4.36. The summed E-state index contributed by atoms with van der Waals surface area (Å²) in [6, 6.07) is 0. The highest BCUT2D eigenvalue weighted by atomic mass is 35.5. The summed E-state index contributed by atoms with van der Waals surface area (Å²) in [6.07, 6.45) is 30.1. The number of hydrogen-bond donors (Lipinski definition) is 0. The first-order valence-electron chi connectivity index (χ1n) is 14.6. The maximum absolute atomic E-state index is 6.18. The molecule has 3 nitrogen and oxygen atoms in total. The van der Waals surface area contributed by atoms with Crippen LogP contribution in [0.15, 0.2) is 24.3 Å². The molecule has 0 aliphatic rings. The van der Waals surface area contributed by atoms with Gasteiger partial charge in [0.05, 0.1) is 0 Å². The van der Waals surface area contributed by atoms with Crippen molar-refractivity contribution in [2.45, 2.75) is 142 Å². The molecule has 0 spiro atoms. The minimum atomic E-state index is -0.203. The Balaban J connectivity index is 3.99. The number of alkyl halides is 2. The molecule has 0 saturated heterocycles. The first kappa shape index (κ1) is 34.9. The molecule has 0 saturated carbocycles. The van der Waals surface area contributed by atoms with E-state index in [1.807, 2.05) is 13.8 Å². The van der Waals surface area contributed by atoms with Crippen LogP contribution in [-0.2, 0) is 14.2 Å². The van der Waals surface area contributed by atoms with Crippen molar-refractivity contribution >= 4 is 23.2 Å². The zero-order valence-electron chi connectivity index (χ0n) is 23.0. The van der Waals surface area contributed by atoms with Gasteiger partial charge in [-0.1, -0.05) is 75.7 Å². The fourth-order valence-electron chi connectivity index (χ4n) is 3.99. The van der Waals surface area contributed by atoms with Crippen molar-refractivity contribution < 1.29 is 14.2 Å². The normalized spacial score (nSPS) is 13.8. The molecule has 0 aliphatic heterocycles. The van der Waals surface area contributed by atoms with E-state index < -0.39 is 0 Å². The summed E-state index contributed by atoms with van der Waals surface area (Å²) in [5, 5.41) is 0. The molecular formula is C30H56Cl2O3. The Labute approximate surface area is 228 Å². The second kappa shape index (κ2) is 30.2. The molecule has 0 amide bonds. The quantitative estimate of drug-likeness (QED) is 0.0432. The van der Waals surface area contributed by atoms with Gasteiger partial charge in [0, 0.05) is 37.8 Å². The Morgan fingerprint density at radius 1 is 0.486 bits per heavy atom. The van der Waals surface area contributed by atoms with Crippen LogP contribution in [0.4, 0.5) is 0 Å². The van der Waals surface area contributed by atoms with Crippen LogP contribution in [0.25, 0.3) is 0 Å². The average molecular weight is 536 g/mol. The molecule has 2 unspecified atom stereocenters. The van der Waals surface area contributed by atoms with E-state index in [2.05, 4.69) is 24.3 Å². The molecule has 208 valence electrons. The van der Waals surface area contributed by atoms with E-state index in [9.17, 15) is 0 Å². The van der Waals surface area contributed by atoms with Gasteiger partial charge in [-0.2, -0.15) is 0 Å². The van der Waals surface area contributed by atoms with Gasteiger partial charge in [-0.25, -0.2) is 0 Å². The third-order valence-corrected chi connectivity index (χ3v) is 6.52. The molecule has 5 heteroatoms. The van der Waals surface area contributed by atoms with E-state index in [0.29, 0.717) is 13.2 Å². The van der Waals surface area contributed by atoms with E-state index in [1.54, 1.807) is 0 Å². The van der Waals surface area contributed by atoms with Gasteiger partial charge in [0.15, 0.2) is 12.6 Å². The molecule has 0 aromatic heterocycles. The van der Waals surface area contributed by atoms with Crippen LogP contribution >= 0.6 is 23.2 Å². The largest absolute Gasteiger partial charge is 0.353 e. The number of rotatable bonds is 28. The van der Waals surface area contributed by atoms with Crippen molar-refractivity contribution in [1.29, 1.82) is 0 Å². The summed E-state index contributed by atoms with van der Waals surface area (Å²) >= 11 is 11.4. The van der Waals surface area contributed by atoms with Crippen molar-refractivity contribution in [1.82, 2.24) is 0 Å². The molecule has 0 aromatic carbocycles. The smallest absolute Gasteiger partial charge is 0.161 e. The molecule has 0 heterocycles. The summed E-state index contributed by atoms with van der Waals surface area (Å²) in [5.41, 5.74) is 0. The number of allylic oxidation sites excluding steroid dienone is 4. The molecular weight excluding hydrogens is 479 g/mol. The fraction of sp³-hybridized carbons (Fsp3) is 0.867.